The van der Waals surface area contributed by atoms with Crippen LogP contribution >= 0.6 is 0 Å². The first kappa shape index (κ1) is 37.6. The Kier molecular flexibility index (Phi) is 14.1. The van der Waals surface area contributed by atoms with E-state index in [9.17, 15) is 0 Å². The van der Waals surface area contributed by atoms with E-state index in [-0.39, 0.29) is 42.1 Å². The van der Waals surface area contributed by atoms with Gasteiger partial charge in [0.1, 0.15) is 0 Å². The Morgan fingerprint density at radius 2 is 0.843 bits per heavy atom. The van der Waals surface area contributed by atoms with Crippen molar-refractivity contribution in [2.24, 2.45) is 0 Å². The molecule has 7 heteroatoms. The number of pyridine rings is 4. The zero-order valence-electron chi connectivity index (χ0n) is 27.0. The van der Waals surface area contributed by atoms with Crippen LogP contribution in [0.1, 0.15) is 0 Å². The van der Waals surface area contributed by atoms with Crippen LogP contribution in [0.25, 0.3) is 64.5 Å². The Morgan fingerprint density at radius 1 is 0.373 bits per heavy atom. The average molecular weight is 1080 g/mol. The number of benzene rings is 4. The SMILES string of the molecule is [Pt+2].[Pt+2].[c-]1c(-c2ccccn2)cccc1-c1ccccn1.[c-]1cccc2[se]c3ccc[c-]c3c12.[c-]1ccccc1-c1cccc(-c2ccccn2)n1. The number of hydrogen-bond acceptors (Lipinski definition) is 4. The van der Waals surface area contributed by atoms with Crippen LogP contribution in [0.4, 0.5) is 0 Å². The van der Waals surface area contributed by atoms with Gasteiger partial charge in [0.05, 0.1) is 11.4 Å². The minimum Gasteiger partial charge on any atom is -0.295 e. The van der Waals surface area contributed by atoms with Crippen molar-refractivity contribution >= 4 is 33.8 Å². The fourth-order valence-corrected chi connectivity index (χ4v) is 7.34. The third-order valence-electron chi connectivity index (χ3n) is 7.44. The second-order valence-electron chi connectivity index (χ2n) is 10.7. The Morgan fingerprint density at radius 3 is 1.37 bits per heavy atom. The number of aromatic nitrogens is 4. The molecular weight excluding hydrogens is 1050 g/mol. The van der Waals surface area contributed by atoms with Gasteiger partial charge in [0.15, 0.2) is 0 Å². The van der Waals surface area contributed by atoms with E-state index >= 15 is 0 Å². The summed E-state index contributed by atoms with van der Waals surface area (Å²) < 4.78 is 2.87. The zero-order valence-corrected chi connectivity index (χ0v) is 33.3. The van der Waals surface area contributed by atoms with Gasteiger partial charge >= 0.3 is 124 Å². The monoisotopic (exact) mass is 1080 g/mol. The van der Waals surface area contributed by atoms with E-state index in [2.05, 4.69) is 68.5 Å². The number of fused-ring (bicyclic) bond motifs is 3. The Balaban J connectivity index is 0.000000147. The summed E-state index contributed by atoms with van der Waals surface area (Å²) >= 11 is 0.472. The van der Waals surface area contributed by atoms with Crippen LogP contribution in [0, 0.1) is 24.3 Å². The molecule has 4 nitrogen and oxygen atoms in total. The number of nitrogens with zero attached hydrogens (tertiary/aromatic N) is 4. The molecule has 0 saturated heterocycles. The summed E-state index contributed by atoms with van der Waals surface area (Å²) in [7, 11) is 0. The molecule has 0 unspecified atom stereocenters. The molecule has 0 bridgehead atoms. The fraction of sp³-hybridized carbons (Fsp3) is 0. The molecule has 0 aliphatic heterocycles. The molecule has 0 radical (unpaired) electrons. The molecule has 0 aliphatic carbocycles. The smallest absolute Gasteiger partial charge is 0.0876 e. The van der Waals surface area contributed by atoms with E-state index < -0.39 is 0 Å². The van der Waals surface area contributed by atoms with Crippen molar-refractivity contribution in [2.75, 3.05) is 0 Å². The van der Waals surface area contributed by atoms with Crippen LogP contribution in [0.3, 0.4) is 0 Å². The molecule has 5 aromatic heterocycles. The first-order valence-electron chi connectivity index (χ1n) is 15.7. The molecule has 0 atom stereocenters. The summed E-state index contributed by atoms with van der Waals surface area (Å²) in [5.41, 5.74) is 7.50. The van der Waals surface area contributed by atoms with Crippen molar-refractivity contribution in [3.63, 3.8) is 0 Å². The molecule has 9 aromatic rings. The molecule has 4 aromatic carbocycles. The topological polar surface area (TPSA) is 51.6 Å². The van der Waals surface area contributed by atoms with Gasteiger partial charge in [0.2, 0.25) is 0 Å². The van der Waals surface area contributed by atoms with Crippen LogP contribution in [-0.4, -0.2) is 34.4 Å². The van der Waals surface area contributed by atoms with Crippen molar-refractivity contribution in [1.82, 2.24) is 19.9 Å². The van der Waals surface area contributed by atoms with Crippen molar-refractivity contribution in [1.29, 1.82) is 0 Å². The van der Waals surface area contributed by atoms with Gasteiger partial charge in [-0.05, 0) is 36.0 Å². The standard InChI is InChI=1S/2C16H11N2.C12H6Se.2Pt/c1-3-10-17-15(8-1)13-6-5-7-14(12-13)16-9-2-4-11-18-16;1-2-7-13(8-3-1)14-10-6-11-16(18-14)15-9-4-5-12-17-15;1-3-7-11-9(5-1)10-6-2-4-8-12(10)13-11;;/h1-11H;1-7,9-12H;1-4,7-8H;;/q2*-1;-2;2*+2. The molecule has 5 heterocycles. The third-order valence-corrected chi connectivity index (χ3v) is 9.79. The minimum absolute atomic E-state index is 0. The zero-order chi connectivity index (χ0) is 33.1. The van der Waals surface area contributed by atoms with Gasteiger partial charge in [0.25, 0.3) is 0 Å². The van der Waals surface area contributed by atoms with Crippen LogP contribution in [0.15, 0.2) is 170 Å². The third kappa shape index (κ3) is 9.79. The molecule has 0 saturated carbocycles. The van der Waals surface area contributed by atoms with Crippen LogP contribution < -0.4 is 0 Å². The van der Waals surface area contributed by atoms with E-state index in [1.54, 1.807) is 18.6 Å². The molecule has 0 fully saturated rings. The van der Waals surface area contributed by atoms with Gasteiger partial charge in [0, 0.05) is 30.0 Å². The summed E-state index contributed by atoms with van der Waals surface area (Å²) in [6.07, 6.45) is 5.35. The summed E-state index contributed by atoms with van der Waals surface area (Å²) in [6.45, 7) is 0. The van der Waals surface area contributed by atoms with E-state index in [1.807, 2.05) is 127 Å². The van der Waals surface area contributed by atoms with Gasteiger partial charge in [-0.3, -0.25) is 19.9 Å². The first-order valence-corrected chi connectivity index (χ1v) is 17.4. The Labute approximate surface area is 333 Å². The van der Waals surface area contributed by atoms with E-state index in [0.717, 1.165) is 45.2 Å². The maximum absolute atomic E-state index is 4.62. The van der Waals surface area contributed by atoms with Crippen LogP contribution in [0.5, 0.6) is 0 Å². The van der Waals surface area contributed by atoms with Gasteiger partial charge in [-0.25, -0.2) is 0 Å². The van der Waals surface area contributed by atoms with Gasteiger partial charge in [-0.15, -0.1) is 60.2 Å². The van der Waals surface area contributed by atoms with Crippen LogP contribution in [-0.2, 0) is 42.1 Å². The second kappa shape index (κ2) is 19.1. The maximum atomic E-state index is 4.62. The second-order valence-corrected chi connectivity index (χ2v) is 13.0. The minimum atomic E-state index is 0. The Hall–Kier alpha value is -4.62. The van der Waals surface area contributed by atoms with Gasteiger partial charge in [-0.1, -0.05) is 53.6 Å². The first-order chi connectivity index (χ1) is 24.3. The Bertz CT molecular complexity index is 2110. The van der Waals surface area contributed by atoms with Gasteiger partial charge in [-0.2, -0.15) is 0 Å². The normalized spacial score (nSPS) is 10.0. The van der Waals surface area contributed by atoms with E-state index in [1.165, 1.54) is 19.3 Å². The molecular formula is C44H28N4Pt2Se. The molecule has 51 heavy (non-hydrogen) atoms. The van der Waals surface area contributed by atoms with Crippen molar-refractivity contribution in [3.05, 3.63) is 195 Å². The summed E-state index contributed by atoms with van der Waals surface area (Å²) in [6, 6.07) is 62.9. The number of rotatable bonds is 4. The quantitative estimate of drug-likeness (QED) is 0.130. The van der Waals surface area contributed by atoms with E-state index in [4.69, 9.17) is 0 Å². The van der Waals surface area contributed by atoms with Crippen molar-refractivity contribution in [3.8, 4) is 45.2 Å². The fourth-order valence-electron chi connectivity index (χ4n) is 5.13. The predicted octanol–water partition coefficient (Wildman–Crippen LogP) is 9.87. The predicted molar refractivity (Wildman–Crippen MR) is 200 cm³/mol. The van der Waals surface area contributed by atoms with Crippen LogP contribution in [0.2, 0.25) is 0 Å². The molecule has 250 valence electrons. The molecule has 9 rings (SSSR count). The largest absolute Gasteiger partial charge is 0.295 e. The molecule has 0 aliphatic rings. The molecule has 0 amide bonds. The summed E-state index contributed by atoms with van der Waals surface area (Å²) in [5.74, 6) is 0. The van der Waals surface area contributed by atoms with Crippen molar-refractivity contribution < 1.29 is 42.1 Å². The number of hydrogen-bond donors (Lipinski definition) is 0. The average Bonchev–Trinajstić information content (AvgIpc) is 3.59. The summed E-state index contributed by atoms with van der Waals surface area (Å²) in [4.78, 5) is 17.6. The molecule has 0 spiro atoms. The molecule has 0 N–H and O–H groups in total. The maximum Gasteiger partial charge on any atom is 0.0876 e. The van der Waals surface area contributed by atoms with Crippen molar-refractivity contribution in [2.45, 2.75) is 0 Å². The van der Waals surface area contributed by atoms with E-state index in [0.29, 0.717) is 14.5 Å². The summed E-state index contributed by atoms with van der Waals surface area (Å²) in [5, 5.41) is 2.52. The van der Waals surface area contributed by atoms with Gasteiger partial charge < -0.3 is 0 Å².